The van der Waals surface area contributed by atoms with Crippen LogP contribution in [0.2, 0.25) is 0 Å². The maximum Gasteiger partial charge on any atom is 0.189 e. The van der Waals surface area contributed by atoms with Crippen molar-refractivity contribution < 1.29 is 0 Å². The third kappa shape index (κ3) is 2.65. The summed E-state index contributed by atoms with van der Waals surface area (Å²) in [6.07, 6.45) is 3.62. The molecule has 0 saturated heterocycles. The van der Waals surface area contributed by atoms with Gasteiger partial charge in [-0.3, -0.25) is 4.79 Å². The summed E-state index contributed by atoms with van der Waals surface area (Å²) in [6.45, 7) is 3.55. The molecule has 4 nitrogen and oxygen atoms in total. The standard InChI is InChI=1S/C17H17N3O/c1-2-18-17-13(6-5-10-19-17)12-20-11-9-16(21)14-7-3-4-8-15(14)20/h3-11H,2,12H2,1H3,(H,18,19). The van der Waals surface area contributed by atoms with Crippen LogP contribution in [0.3, 0.4) is 0 Å². The van der Waals surface area contributed by atoms with E-state index in [0.717, 1.165) is 28.8 Å². The van der Waals surface area contributed by atoms with Gasteiger partial charge in [0.1, 0.15) is 5.82 Å². The van der Waals surface area contributed by atoms with E-state index in [2.05, 4.69) is 20.9 Å². The van der Waals surface area contributed by atoms with Crippen molar-refractivity contribution >= 4 is 16.7 Å². The molecule has 0 aliphatic carbocycles. The molecule has 3 rings (SSSR count). The smallest absolute Gasteiger partial charge is 0.189 e. The zero-order chi connectivity index (χ0) is 14.7. The fraction of sp³-hybridized carbons (Fsp3) is 0.176. The summed E-state index contributed by atoms with van der Waals surface area (Å²) in [7, 11) is 0. The van der Waals surface area contributed by atoms with Crippen molar-refractivity contribution in [3.8, 4) is 0 Å². The highest BCUT2D eigenvalue weighted by Gasteiger charge is 2.06. The van der Waals surface area contributed by atoms with Crippen molar-refractivity contribution in [3.05, 3.63) is 70.6 Å². The molecule has 0 amide bonds. The normalized spacial score (nSPS) is 10.7. The fourth-order valence-electron chi connectivity index (χ4n) is 2.47. The molecular formula is C17H17N3O. The zero-order valence-corrected chi connectivity index (χ0v) is 11.9. The Balaban J connectivity index is 2.07. The lowest BCUT2D eigenvalue weighted by atomic mass is 10.2. The average molecular weight is 279 g/mol. The maximum atomic E-state index is 11.9. The van der Waals surface area contributed by atoms with Crippen LogP contribution in [0, 0.1) is 0 Å². The van der Waals surface area contributed by atoms with Gasteiger partial charge in [-0.05, 0) is 25.1 Å². The van der Waals surface area contributed by atoms with Gasteiger partial charge < -0.3 is 9.88 Å². The van der Waals surface area contributed by atoms with Crippen LogP contribution < -0.4 is 10.7 Å². The molecule has 0 fully saturated rings. The SMILES string of the molecule is CCNc1ncccc1Cn1ccc(=O)c2ccccc21. The van der Waals surface area contributed by atoms with Gasteiger partial charge in [0.15, 0.2) is 5.43 Å². The molecule has 0 radical (unpaired) electrons. The van der Waals surface area contributed by atoms with E-state index in [1.54, 1.807) is 12.3 Å². The highest BCUT2D eigenvalue weighted by Crippen LogP contribution is 2.16. The van der Waals surface area contributed by atoms with Crippen LogP contribution >= 0.6 is 0 Å². The second-order valence-electron chi connectivity index (χ2n) is 4.87. The van der Waals surface area contributed by atoms with Crippen LogP contribution in [0.25, 0.3) is 10.9 Å². The van der Waals surface area contributed by atoms with E-state index in [-0.39, 0.29) is 5.43 Å². The Morgan fingerprint density at radius 3 is 2.86 bits per heavy atom. The highest BCUT2D eigenvalue weighted by atomic mass is 16.1. The van der Waals surface area contributed by atoms with Gasteiger partial charge in [-0.2, -0.15) is 0 Å². The summed E-state index contributed by atoms with van der Waals surface area (Å²) in [5, 5.41) is 4.01. The van der Waals surface area contributed by atoms with Gasteiger partial charge in [-0.1, -0.05) is 18.2 Å². The molecule has 0 atom stereocenters. The van der Waals surface area contributed by atoms with E-state index in [1.165, 1.54) is 0 Å². The van der Waals surface area contributed by atoms with Crippen LogP contribution in [0.1, 0.15) is 12.5 Å². The molecule has 0 aliphatic heterocycles. The average Bonchev–Trinajstić information content (AvgIpc) is 2.52. The van der Waals surface area contributed by atoms with Gasteiger partial charge in [0.25, 0.3) is 0 Å². The van der Waals surface area contributed by atoms with Crippen molar-refractivity contribution in [2.45, 2.75) is 13.5 Å². The summed E-state index contributed by atoms with van der Waals surface area (Å²) >= 11 is 0. The first-order valence-corrected chi connectivity index (χ1v) is 7.05. The van der Waals surface area contributed by atoms with Gasteiger partial charge in [0.05, 0.1) is 12.1 Å². The Kier molecular flexibility index (Phi) is 3.69. The maximum absolute atomic E-state index is 11.9. The number of anilines is 1. The minimum Gasteiger partial charge on any atom is -0.370 e. The molecule has 4 heteroatoms. The number of nitrogens with zero attached hydrogens (tertiary/aromatic N) is 2. The Hall–Kier alpha value is -2.62. The summed E-state index contributed by atoms with van der Waals surface area (Å²) in [4.78, 5) is 16.3. The van der Waals surface area contributed by atoms with E-state index >= 15 is 0 Å². The predicted molar refractivity (Wildman–Crippen MR) is 85.7 cm³/mol. The number of hydrogen-bond donors (Lipinski definition) is 1. The van der Waals surface area contributed by atoms with Crippen LogP contribution in [0.4, 0.5) is 5.82 Å². The Bertz CT molecular complexity index is 823. The van der Waals surface area contributed by atoms with Crippen molar-refractivity contribution in [2.24, 2.45) is 0 Å². The Labute approximate surface area is 123 Å². The number of nitrogens with one attached hydrogen (secondary N) is 1. The van der Waals surface area contributed by atoms with Crippen LogP contribution in [0.5, 0.6) is 0 Å². The van der Waals surface area contributed by atoms with Gasteiger partial charge in [-0.15, -0.1) is 0 Å². The molecule has 21 heavy (non-hydrogen) atoms. The Morgan fingerprint density at radius 1 is 1.14 bits per heavy atom. The van der Waals surface area contributed by atoms with Crippen molar-refractivity contribution in [1.82, 2.24) is 9.55 Å². The van der Waals surface area contributed by atoms with E-state index < -0.39 is 0 Å². The number of rotatable bonds is 4. The zero-order valence-electron chi connectivity index (χ0n) is 11.9. The highest BCUT2D eigenvalue weighted by molar-refractivity contribution is 5.78. The molecule has 1 N–H and O–H groups in total. The number of fused-ring (bicyclic) bond motifs is 1. The molecule has 2 heterocycles. The van der Waals surface area contributed by atoms with E-state index in [1.807, 2.05) is 43.5 Å². The van der Waals surface area contributed by atoms with Crippen LogP contribution in [0.15, 0.2) is 59.7 Å². The molecule has 1 aromatic carbocycles. The molecule has 3 aromatic rings. The quantitative estimate of drug-likeness (QED) is 0.799. The summed E-state index contributed by atoms with van der Waals surface area (Å²) < 4.78 is 2.08. The summed E-state index contributed by atoms with van der Waals surface area (Å²) in [5.74, 6) is 0.891. The van der Waals surface area contributed by atoms with Crippen molar-refractivity contribution in [2.75, 3.05) is 11.9 Å². The van der Waals surface area contributed by atoms with Crippen molar-refractivity contribution in [1.29, 1.82) is 0 Å². The topological polar surface area (TPSA) is 46.9 Å². The molecule has 0 saturated carbocycles. The van der Waals surface area contributed by atoms with Crippen molar-refractivity contribution in [3.63, 3.8) is 0 Å². The Morgan fingerprint density at radius 2 is 2.00 bits per heavy atom. The first-order valence-electron chi connectivity index (χ1n) is 7.05. The minimum absolute atomic E-state index is 0.0555. The fourth-order valence-corrected chi connectivity index (χ4v) is 2.47. The second kappa shape index (κ2) is 5.79. The molecule has 0 bridgehead atoms. The van der Waals surface area contributed by atoms with Crippen LogP contribution in [-0.4, -0.2) is 16.1 Å². The lowest BCUT2D eigenvalue weighted by molar-refractivity contribution is 0.821. The van der Waals surface area contributed by atoms with Gasteiger partial charge in [0.2, 0.25) is 0 Å². The first-order chi connectivity index (χ1) is 10.3. The van der Waals surface area contributed by atoms with Gasteiger partial charge >= 0.3 is 0 Å². The number of pyridine rings is 2. The number of para-hydroxylation sites is 1. The minimum atomic E-state index is 0.0555. The van der Waals surface area contributed by atoms with E-state index in [0.29, 0.717) is 6.54 Å². The molecular weight excluding hydrogens is 262 g/mol. The van der Waals surface area contributed by atoms with Gasteiger partial charge in [-0.25, -0.2) is 4.98 Å². The molecule has 0 aliphatic rings. The van der Waals surface area contributed by atoms with Gasteiger partial charge in [0, 0.05) is 36.0 Å². The molecule has 106 valence electrons. The molecule has 0 spiro atoms. The number of benzene rings is 1. The lowest BCUT2D eigenvalue weighted by Gasteiger charge is -2.13. The van der Waals surface area contributed by atoms with E-state index in [9.17, 15) is 4.79 Å². The lowest BCUT2D eigenvalue weighted by Crippen LogP contribution is -2.11. The van der Waals surface area contributed by atoms with Crippen LogP contribution in [-0.2, 0) is 6.54 Å². The third-order valence-electron chi connectivity index (χ3n) is 3.46. The first kappa shape index (κ1) is 13.4. The number of hydrogen-bond acceptors (Lipinski definition) is 3. The monoisotopic (exact) mass is 279 g/mol. The van der Waals surface area contributed by atoms with E-state index in [4.69, 9.17) is 0 Å². The molecule has 0 unspecified atom stereocenters. The second-order valence-corrected chi connectivity index (χ2v) is 4.87. The largest absolute Gasteiger partial charge is 0.370 e. The third-order valence-corrected chi connectivity index (χ3v) is 3.46. The molecule has 2 aromatic heterocycles. The predicted octanol–water partition coefficient (Wildman–Crippen LogP) is 2.88. The summed E-state index contributed by atoms with van der Waals surface area (Å²) in [6, 6.07) is 13.3. The summed E-state index contributed by atoms with van der Waals surface area (Å²) in [5.41, 5.74) is 2.10. The number of aromatic nitrogens is 2.